The first-order valence-corrected chi connectivity index (χ1v) is 20.0. The maximum absolute atomic E-state index is 13.8. The third kappa shape index (κ3) is 15.8. The van der Waals surface area contributed by atoms with Crippen LogP contribution in [0.15, 0.2) is 48.5 Å². The van der Waals surface area contributed by atoms with Crippen molar-refractivity contribution >= 4 is 32.1 Å². The fraction of sp³-hybridized carbons (Fsp3) is 0.568. The van der Waals surface area contributed by atoms with Crippen LogP contribution in [0.5, 0.6) is 5.75 Å². The molecule has 0 bridgehead atoms. The third-order valence-corrected chi connectivity index (χ3v) is 8.06. The molecule has 0 spiro atoms. The molecule has 0 fully saturated rings. The number of hydrogen-bond acceptors (Lipinski definition) is 9. The van der Waals surface area contributed by atoms with Gasteiger partial charge in [-0.3, -0.25) is 9.69 Å². The summed E-state index contributed by atoms with van der Waals surface area (Å²) in [7, 11) is -1.46. The van der Waals surface area contributed by atoms with E-state index in [0.29, 0.717) is 11.3 Å². The Hall–Kier alpha value is -3.86. The lowest BCUT2D eigenvalue weighted by Crippen LogP contribution is -2.50. The van der Waals surface area contributed by atoms with E-state index in [1.165, 1.54) is 0 Å². The molecule has 11 heteroatoms. The Bertz CT molecular complexity index is 1400. The van der Waals surface area contributed by atoms with Crippen molar-refractivity contribution < 1.29 is 42.9 Å². The van der Waals surface area contributed by atoms with Gasteiger partial charge in [-0.1, -0.05) is 50.0 Å². The van der Waals surface area contributed by atoms with Crippen LogP contribution in [0, 0.1) is 0 Å². The average molecular weight is 686 g/mol. The number of hydrogen-bond donors (Lipinski definition) is 0. The van der Waals surface area contributed by atoms with Crippen LogP contribution in [0.3, 0.4) is 0 Å². The van der Waals surface area contributed by atoms with E-state index in [-0.39, 0.29) is 25.3 Å². The fourth-order valence-electron chi connectivity index (χ4n) is 4.28. The number of rotatable bonds is 13. The first-order chi connectivity index (χ1) is 21.9. The Morgan fingerprint density at radius 2 is 1.33 bits per heavy atom. The van der Waals surface area contributed by atoms with Crippen molar-refractivity contribution in [1.82, 2.24) is 4.90 Å². The van der Waals surface area contributed by atoms with Crippen LogP contribution < -0.4 is 4.74 Å². The van der Waals surface area contributed by atoms with E-state index >= 15 is 0 Å². The normalized spacial score (nSPS) is 12.8. The molecule has 0 aliphatic carbocycles. The third-order valence-electron chi connectivity index (χ3n) is 6.35. The van der Waals surface area contributed by atoms with Crippen LogP contribution in [0.1, 0.15) is 90.2 Å². The molecule has 0 N–H and O–H groups in total. The van der Waals surface area contributed by atoms with Gasteiger partial charge >= 0.3 is 24.0 Å². The number of carbonyl (C=O) groups is 4. The van der Waals surface area contributed by atoms with Crippen LogP contribution >= 0.6 is 0 Å². The average Bonchev–Trinajstić information content (AvgIpc) is 2.90. The molecule has 0 saturated carbocycles. The lowest BCUT2D eigenvalue weighted by Gasteiger charge is -2.34. The molecule has 10 nitrogen and oxygen atoms in total. The summed E-state index contributed by atoms with van der Waals surface area (Å²) in [5, 5.41) is 0. The highest BCUT2D eigenvalue weighted by molar-refractivity contribution is 6.76. The van der Waals surface area contributed by atoms with Crippen LogP contribution in [0.2, 0.25) is 25.7 Å². The van der Waals surface area contributed by atoms with Crippen molar-refractivity contribution in [3.8, 4) is 5.75 Å². The van der Waals surface area contributed by atoms with Gasteiger partial charge in [0.2, 0.25) is 0 Å². The smallest absolute Gasteiger partial charge is 0.411 e. The van der Waals surface area contributed by atoms with Gasteiger partial charge in [-0.15, -0.1) is 0 Å². The maximum Gasteiger partial charge on any atom is 0.411 e. The van der Waals surface area contributed by atoms with Crippen molar-refractivity contribution in [2.45, 2.75) is 130 Å². The van der Waals surface area contributed by atoms with Gasteiger partial charge < -0.3 is 23.7 Å². The van der Waals surface area contributed by atoms with E-state index in [1.807, 2.05) is 30.3 Å². The lowest BCUT2D eigenvalue weighted by atomic mass is 10.1. The minimum absolute atomic E-state index is 0.219. The first-order valence-electron chi connectivity index (χ1n) is 16.3. The van der Waals surface area contributed by atoms with Gasteiger partial charge in [0.25, 0.3) is 0 Å². The molecule has 0 aliphatic heterocycles. The van der Waals surface area contributed by atoms with Gasteiger partial charge in [0, 0.05) is 8.07 Å². The highest BCUT2D eigenvalue weighted by atomic mass is 28.3. The fourth-order valence-corrected chi connectivity index (χ4v) is 4.99. The summed E-state index contributed by atoms with van der Waals surface area (Å²) in [6.45, 7) is 22.2. The number of benzene rings is 2. The second-order valence-electron chi connectivity index (χ2n) is 16.0. The zero-order valence-corrected chi connectivity index (χ0v) is 31.9. The van der Waals surface area contributed by atoms with Gasteiger partial charge in [0.15, 0.2) is 0 Å². The van der Waals surface area contributed by atoms with Crippen LogP contribution in [-0.2, 0) is 41.7 Å². The molecule has 0 heterocycles. The van der Waals surface area contributed by atoms with E-state index in [9.17, 15) is 19.2 Å². The van der Waals surface area contributed by atoms with Gasteiger partial charge in [-0.25, -0.2) is 14.4 Å². The molecule has 2 aromatic carbocycles. The molecule has 1 amide bonds. The topological polar surface area (TPSA) is 118 Å². The molecular formula is C37H55NO9Si. The maximum atomic E-state index is 13.8. The summed E-state index contributed by atoms with van der Waals surface area (Å²) in [6, 6.07) is 13.8. The summed E-state index contributed by atoms with van der Waals surface area (Å²) in [6.07, 6.45) is -1.34. The van der Waals surface area contributed by atoms with Gasteiger partial charge in [0.05, 0.1) is 25.1 Å². The van der Waals surface area contributed by atoms with Crippen molar-refractivity contribution in [3.63, 3.8) is 0 Å². The first kappa shape index (κ1) is 40.3. The molecule has 0 saturated heterocycles. The van der Waals surface area contributed by atoms with Crippen LogP contribution in [0.4, 0.5) is 4.79 Å². The quantitative estimate of drug-likeness (QED) is 0.118. The highest BCUT2D eigenvalue weighted by Gasteiger charge is 2.39. The predicted octanol–water partition coefficient (Wildman–Crippen LogP) is 7.94. The zero-order chi connectivity index (χ0) is 36.5. The number of esters is 3. The molecular weight excluding hydrogens is 630 g/mol. The molecule has 48 heavy (non-hydrogen) atoms. The molecule has 2 aromatic rings. The van der Waals surface area contributed by atoms with E-state index in [1.54, 1.807) is 80.5 Å². The molecule has 0 aromatic heterocycles. The monoisotopic (exact) mass is 685 g/mol. The summed E-state index contributed by atoms with van der Waals surface area (Å²) in [4.78, 5) is 55.0. The molecule has 0 aliphatic rings. The summed E-state index contributed by atoms with van der Waals surface area (Å²) >= 11 is 0. The van der Waals surface area contributed by atoms with E-state index < -0.39 is 61.3 Å². The summed E-state index contributed by atoms with van der Waals surface area (Å²) in [5.74, 6) is -1.68. The van der Waals surface area contributed by atoms with E-state index in [2.05, 4.69) is 19.6 Å². The summed E-state index contributed by atoms with van der Waals surface area (Å²) < 4.78 is 28.7. The number of ether oxygens (including phenoxy) is 5. The van der Waals surface area contributed by atoms with Gasteiger partial charge in [-0.05, 0) is 97.7 Å². The van der Waals surface area contributed by atoms with Crippen molar-refractivity contribution in [3.05, 3.63) is 65.2 Å². The van der Waals surface area contributed by atoms with Crippen molar-refractivity contribution in [2.75, 3.05) is 6.61 Å². The molecule has 0 radical (unpaired) electrons. The van der Waals surface area contributed by atoms with Crippen molar-refractivity contribution in [2.24, 2.45) is 0 Å². The predicted molar refractivity (Wildman–Crippen MR) is 188 cm³/mol. The van der Waals surface area contributed by atoms with E-state index in [4.69, 9.17) is 23.7 Å². The Morgan fingerprint density at radius 1 is 0.750 bits per heavy atom. The molecule has 1 atom stereocenters. The van der Waals surface area contributed by atoms with Crippen LogP contribution in [-0.4, -0.2) is 66.4 Å². The van der Waals surface area contributed by atoms with E-state index in [0.717, 1.165) is 16.5 Å². The number of amides is 1. The molecule has 0 unspecified atom stereocenters. The molecule has 2 rings (SSSR count). The second kappa shape index (κ2) is 16.5. The Balaban J connectivity index is 2.61. The number of carbonyl (C=O) groups excluding carboxylic acids is 4. The lowest BCUT2D eigenvalue weighted by molar-refractivity contribution is -0.168. The Morgan fingerprint density at radius 3 is 1.88 bits per heavy atom. The van der Waals surface area contributed by atoms with Gasteiger partial charge in [-0.2, -0.15) is 0 Å². The molecule has 266 valence electrons. The minimum atomic E-state index is -1.46. The number of nitrogens with zero attached hydrogens (tertiary/aromatic N) is 1. The Labute approximate surface area is 287 Å². The summed E-state index contributed by atoms with van der Waals surface area (Å²) in [5.41, 5.74) is -1.09. The standard InChI is InChI=1S/C37H55NO9Si/c1-35(2,3)45-31(39)23-30(33(41)46-36(4,5)6)38(34(42)47-37(7,8)9)24-27-20-28(32(40)43-18-19-48(10,11)12)22-29(21-27)44-25-26-16-14-13-15-17-26/h13-17,20-22,30H,18-19,23-25H2,1-12H3/t30-/m0/s1. The van der Waals surface area contributed by atoms with Crippen molar-refractivity contribution in [1.29, 1.82) is 0 Å². The SMILES string of the molecule is CC(C)(C)OC(=O)C[C@@H](C(=O)OC(C)(C)C)N(Cc1cc(OCc2ccccc2)cc(C(=O)OCC[Si](C)(C)C)c1)C(=O)OC(C)(C)C. The van der Waals surface area contributed by atoms with Gasteiger partial charge in [0.1, 0.15) is 35.2 Å². The second-order valence-corrected chi connectivity index (χ2v) is 21.7. The van der Waals surface area contributed by atoms with Crippen LogP contribution in [0.25, 0.3) is 0 Å². The largest absolute Gasteiger partial charge is 0.489 e. The zero-order valence-electron chi connectivity index (χ0n) is 30.9. The highest BCUT2D eigenvalue weighted by Crippen LogP contribution is 2.26. The Kier molecular flexibility index (Phi) is 13.9. The minimum Gasteiger partial charge on any atom is -0.489 e.